The fourth-order valence-corrected chi connectivity index (χ4v) is 2.68. The number of furan rings is 1. The Hall–Kier alpha value is -2.47. The molecule has 1 heterocycles. The lowest BCUT2D eigenvalue weighted by atomic mass is 10.1. The summed E-state index contributed by atoms with van der Waals surface area (Å²) in [4.78, 5) is 0. The topological polar surface area (TPSA) is 36.9 Å². The van der Waals surface area contributed by atoms with Crippen molar-refractivity contribution in [3.63, 3.8) is 0 Å². The molecule has 0 bridgehead atoms. The molecule has 0 amide bonds. The molecule has 2 nitrogen and oxygen atoms in total. The molecule has 24 heavy (non-hydrogen) atoms. The average molecular weight is 354 g/mol. The van der Waals surface area contributed by atoms with Crippen LogP contribution in [-0.4, -0.2) is 0 Å². The van der Waals surface area contributed by atoms with Crippen molar-refractivity contribution in [1.82, 2.24) is 0 Å². The fourth-order valence-electron chi connectivity index (χ4n) is 2.31. The predicted octanol–water partition coefficient (Wildman–Crippen LogP) is 6.63. The van der Waals surface area contributed by atoms with Crippen LogP contribution in [0.1, 0.15) is 16.9 Å². The van der Waals surface area contributed by atoms with Crippen LogP contribution in [0.25, 0.3) is 23.0 Å². The van der Waals surface area contributed by atoms with E-state index >= 15 is 0 Å². The van der Waals surface area contributed by atoms with Crippen molar-refractivity contribution < 1.29 is 4.42 Å². The quantitative estimate of drug-likeness (QED) is 0.495. The number of halogens is 2. The van der Waals surface area contributed by atoms with Gasteiger partial charge < -0.3 is 4.42 Å². The van der Waals surface area contributed by atoms with E-state index in [-0.39, 0.29) is 0 Å². The smallest absolute Gasteiger partial charge is 0.134 e. The van der Waals surface area contributed by atoms with Crippen LogP contribution < -0.4 is 0 Å². The summed E-state index contributed by atoms with van der Waals surface area (Å²) in [6.45, 7) is 1.95. The molecule has 1 aromatic heterocycles. The average Bonchev–Trinajstić information content (AvgIpc) is 3.04. The van der Waals surface area contributed by atoms with Gasteiger partial charge in [-0.3, -0.25) is 0 Å². The van der Waals surface area contributed by atoms with Crippen molar-refractivity contribution in [3.8, 4) is 17.4 Å². The maximum absolute atomic E-state index is 9.40. The molecule has 0 radical (unpaired) electrons. The first-order chi connectivity index (χ1) is 11.6. The van der Waals surface area contributed by atoms with Crippen LogP contribution in [0.15, 0.2) is 59.0 Å². The van der Waals surface area contributed by atoms with E-state index in [4.69, 9.17) is 27.6 Å². The van der Waals surface area contributed by atoms with Gasteiger partial charge in [-0.25, -0.2) is 0 Å². The Morgan fingerprint density at radius 3 is 2.62 bits per heavy atom. The molecule has 2 aromatic carbocycles. The van der Waals surface area contributed by atoms with Gasteiger partial charge in [0.15, 0.2) is 0 Å². The Balaban J connectivity index is 1.95. The number of aryl methyl sites for hydroxylation is 1. The second kappa shape index (κ2) is 6.97. The summed E-state index contributed by atoms with van der Waals surface area (Å²) in [5, 5.41) is 10.7. The van der Waals surface area contributed by atoms with Crippen molar-refractivity contribution in [1.29, 1.82) is 5.26 Å². The lowest BCUT2D eigenvalue weighted by molar-refractivity contribution is 0.572. The summed E-state index contributed by atoms with van der Waals surface area (Å²) in [6.07, 6.45) is 1.70. The molecule has 3 rings (SSSR count). The fraction of sp³-hybridized carbons (Fsp3) is 0.0500. The highest BCUT2D eigenvalue weighted by molar-refractivity contribution is 6.31. The minimum absolute atomic E-state index is 0.486. The highest BCUT2D eigenvalue weighted by atomic mass is 35.5. The summed E-state index contributed by atoms with van der Waals surface area (Å²) in [7, 11) is 0. The van der Waals surface area contributed by atoms with E-state index in [1.165, 1.54) is 0 Å². The zero-order valence-electron chi connectivity index (χ0n) is 12.9. The van der Waals surface area contributed by atoms with Gasteiger partial charge in [0.2, 0.25) is 0 Å². The zero-order chi connectivity index (χ0) is 17.1. The third-order valence-corrected chi connectivity index (χ3v) is 4.27. The molecule has 0 spiro atoms. The predicted molar refractivity (Wildman–Crippen MR) is 98.8 cm³/mol. The van der Waals surface area contributed by atoms with Gasteiger partial charge in [-0.1, -0.05) is 47.5 Å². The van der Waals surface area contributed by atoms with Gasteiger partial charge in [0.1, 0.15) is 11.5 Å². The van der Waals surface area contributed by atoms with Crippen LogP contribution in [0.5, 0.6) is 0 Å². The summed E-state index contributed by atoms with van der Waals surface area (Å²) < 4.78 is 5.83. The zero-order valence-corrected chi connectivity index (χ0v) is 14.4. The van der Waals surface area contributed by atoms with Crippen LogP contribution in [0.2, 0.25) is 10.0 Å². The third-order valence-electron chi connectivity index (χ3n) is 3.63. The lowest BCUT2D eigenvalue weighted by Crippen LogP contribution is -1.81. The number of hydrogen-bond acceptors (Lipinski definition) is 2. The Bertz CT molecular complexity index is 964. The van der Waals surface area contributed by atoms with Crippen molar-refractivity contribution in [2.75, 3.05) is 0 Å². The van der Waals surface area contributed by atoms with Gasteiger partial charge in [-0.2, -0.15) is 5.26 Å². The normalized spacial score (nSPS) is 11.3. The maximum atomic E-state index is 9.40. The van der Waals surface area contributed by atoms with Crippen LogP contribution >= 0.6 is 23.2 Å². The van der Waals surface area contributed by atoms with Gasteiger partial charge >= 0.3 is 0 Å². The number of benzene rings is 2. The molecule has 118 valence electrons. The Morgan fingerprint density at radius 1 is 1.08 bits per heavy atom. The van der Waals surface area contributed by atoms with E-state index in [1.54, 1.807) is 18.2 Å². The molecule has 3 aromatic rings. The third kappa shape index (κ3) is 3.54. The number of allylic oxidation sites excluding steroid dienone is 1. The van der Waals surface area contributed by atoms with Gasteiger partial charge in [0.25, 0.3) is 0 Å². The largest absolute Gasteiger partial charge is 0.457 e. The van der Waals surface area contributed by atoms with Crippen LogP contribution in [0.4, 0.5) is 0 Å². The highest BCUT2D eigenvalue weighted by Gasteiger charge is 2.08. The molecule has 0 unspecified atom stereocenters. The van der Waals surface area contributed by atoms with E-state index in [1.807, 2.05) is 49.4 Å². The van der Waals surface area contributed by atoms with Crippen molar-refractivity contribution >= 4 is 34.9 Å². The molecule has 0 saturated heterocycles. The molecular formula is C20H13Cl2NO. The van der Waals surface area contributed by atoms with E-state index in [0.29, 0.717) is 27.1 Å². The monoisotopic (exact) mass is 353 g/mol. The number of hydrogen-bond donors (Lipinski definition) is 0. The second-order valence-electron chi connectivity index (χ2n) is 5.35. The summed E-state index contributed by atoms with van der Waals surface area (Å²) in [6, 6.07) is 18.8. The minimum atomic E-state index is 0.486. The van der Waals surface area contributed by atoms with Gasteiger partial charge in [0.05, 0.1) is 11.6 Å². The maximum Gasteiger partial charge on any atom is 0.134 e. The minimum Gasteiger partial charge on any atom is -0.457 e. The summed E-state index contributed by atoms with van der Waals surface area (Å²) in [5.74, 6) is 1.30. The highest BCUT2D eigenvalue weighted by Crippen LogP contribution is 2.28. The number of nitriles is 1. The van der Waals surface area contributed by atoms with Gasteiger partial charge in [-0.05, 0) is 54.5 Å². The van der Waals surface area contributed by atoms with E-state index < -0.39 is 0 Å². The summed E-state index contributed by atoms with van der Waals surface area (Å²) in [5.41, 5.74) is 3.15. The molecule has 0 atom stereocenters. The van der Waals surface area contributed by atoms with Crippen LogP contribution in [0.3, 0.4) is 0 Å². The molecule has 0 aliphatic carbocycles. The van der Waals surface area contributed by atoms with Gasteiger partial charge in [-0.15, -0.1) is 0 Å². The van der Waals surface area contributed by atoms with Gasteiger partial charge in [0, 0.05) is 15.6 Å². The van der Waals surface area contributed by atoms with Crippen molar-refractivity contribution in [2.45, 2.75) is 6.92 Å². The van der Waals surface area contributed by atoms with Crippen molar-refractivity contribution in [2.24, 2.45) is 0 Å². The Labute approximate surface area is 150 Å². The molecule has 0 fully saturated rings. The molecule has 4 heteroatoms. The second-order valence-corrected chi connectivity index (χ2v) is 6.19. The molecular weight excluding hydrogens is 341 g/mol. The molecule has 0 saturated carbocycles. The van der Waals surface area contributed by atoms with Crippen LogP contribution in [-0.2, 0) is 0 Å². The van der Waals surface area contributed by atoms with E-state index in [9.17, 15) is 5.26 Å². The standard InChI is InChI=1S/C20H13Cl2NO/c1-13-5-6-15(11-19(13)22)20-8-7-18(24-20)10-16(12-23)14-3-2-4-17(21)9-14/h2-11H,1H3/b16-10-. The molecule has 0 aliphatic rings. The van der Waals surface area contributed by atoms with E-state index in [0.717, 1.165) is 16.7 Å². The first-order valence-electron chi connectivity index (χ1n) is 7.31. The first kappa shape index (κ1) is 16.4. The summed E-state index contributed by atoms with van der Waals surface area (Å²) >= 11 is 12.2. The van der Waals surface area contributed by atoms with Crippen molar-refractivity contribution in [3.05, 3.63) is 81.5 Å². The Kier molecular flexibility index (Phi) is 4.76. The molecule has 0 N–H and O–H groups in total. The number of nitrogens with zero attached hydrogens (tertiary/aromatic N) is 1. The number of rotatable bonds is 3. The van der Waals surface area contributed by atoms with Crippen LogP contribution in [0, 0.1) is 18.3 Å². The lowest BCUT2D eigenvalue weighted by Gasteiger charge is -2.01. The molecule has 0 aliphatic heterocycles. The SMILES string of the molecule is Cc1ccc(-c2ccc(/C=C(/C#N)c3cccc(Cl)c3)o2)cc1Cl. The Morgan fingerprint density at radius 2 is 1.92 bits per heavy atom. The van der Waals surface area contributed by atoms with E-state index in [2.05, 4.69) is 6.07 Å². The first-order valence-corrected chi connectivity index (χ1v) is 8.06.